The van der Waals surface area contributed by atoms with Crippen LogP contribution in [0.25, 0.3) is 0 Å². The van der Waals surface area contributed by atoms with E-state index in [1.165, 1.54) is 0 Å². The number of carbonyl (C=O) groups is 1. The van der Waals surface area contributed by atoms with E-state index in [1.807, 2.05) is 0 Å². The summed E-state index contributed by atoms with van der Waals surface area (Å²) in [7, 11) is 0. The molecule has 0 aliphatic carbocycles. The fraction of sp³-hybridized carbons (Fsp3) is 0. The maximum absolute atomic E-state index is 13.6. The van der Waals surface area contributed by atoms with Crippen molar-refractivity contribution in [1.82, 2.24) is 0 Å². The minimum atomic E-state index is -0.949. The van der Waals surface area contributed by atoms with E-state index < -0.39 is 17.5 Å². The number of hydrogen-bond donors (Lipinski definition) is 3. The summed E-state index contributed by atoms with van der Waals surface area (Å²) in [5.74, 6) is -3.12. The first-order chi connectivity index (χ1) is 9.36. The Bertz CT molecular complexity index is 648. The van der Waals surface area contributed by atoms with Crippen LogP contribution < -0.4 is 5.32 Å². The van der Waals surface area contributed by atoms with Crippen molar-refractivity contribution in [2.24, 2.45) is 0 Å². The topological polar surface area (TPSA) is 69.6 Å². The van der Waals surface area contributed by atoms with E-state index in [-0.39, 0.29) is 27.2 Å². The molecule has 7 heteroatoms. The summed E-state index contributed by atoms with van der Waals surface area (Å²) in [5, 5.41) is 20.8. The number of halogens is 3. The molecule has 2 aromatic rings. The van der Waals surface area contributed by atoms with Crippen molar-refractivity contribution in [3.8, 4) is 11.5 Å². The minimum absolute atomic E-state index is 0.0349. The number of aromatic hydroxyl groups is 2. The van der Waals surface area contributed by atoms with Crippen LogP contribution in [-0.4, -0.2) is 16.1 Å². The second-order valence-corrected chi connectivity index (χ2v) is 4.79. The van der Waals surface area contributed by atoms with E-state index in [4.69, 9.17) is 0 Å². The zero-order valence-corrected chi connectivity index (χ0v) is 11.4. The molecule has 0 aliphatic heterocycles. The van der Waals surface area contributed by atoms with Gasteiger partial charge in [-0.15, -0.1) is 0 Å². The predicted molar refractivity (Wildman–Crippen MR) is 71.8 cm³/mol. The van der Waals surface area contributed by atoms with Crippen molar-refractivity contribution in [3.63, 3.8) is 0 Å². The Labute approximate surface area is 120 Å². The SMILES string of the molecule is O=C(Nc1c(F)cc(F)cc1Br)c1cc(O)cc(O)c1. The maximum atomic E-state index is 13.6. The molecule has 4 nitrogen and oxygen atoms in total. The molecule has 0 bridgehead atoms. The second kappa shape index (κ2) is 5.46. The first-order valence-corrected chi connectivity index (χ1v) is 6.15. The molecule has 0 unspecified atom stereocenters. The molecule has 0 atom stereocenters. The standard InChI is InChI=1S/C13H8BrF2NO3/c14-10-3-7(15)4-11(16)12(10)17-13(20)6-1-8(18)5-9(19)2-6/h1-5,18-19H,(H,17,20). The van der Waals surface area contributed by atoms with Gasteiger partial charge in [-0.05, 0) is 34.1 Å². The van der Waals surface area contributed by atoms with Gasteiger partial charge in [0.25, 0.3) is 5.91 Å². The lowest BCUT2D eigenvalue weighted by molar-refractivity contribution is 0.102. The van der Waals surface area contributed by atoms with Gasteiger partial charge in [0.1, 0.15) is 17.3 Å². The van der Waals surface area contributed by atoms with Crippen molar-refractivity contribution in [1.29, 1.82) is 0 Å². The maximum Gasteiger partial charge on any atom is 0.256 e. The van der Waals surface area contributed by atoms with Gasteiger partial charge in [0.15, 0.2) is 5.82 Å². The molecule has 0 radical (unpaired) electrons. The predicted octanol–water partition coefficient (Wildman–Crippen LogP) is 3.39. The summed E-state index contributed by atoms with van der Waals surface area (Å²) in [4.78, 5) is 11.9. The van der Waals surface area contributed by atoms with Gasteiger partial charge >= 0.3 is 0 Å². The molecule has 0 aromatic heterocycles. The Hall–Kier alpha value is -2.15. The summed E-state index contributed by atoms with van der Waals surface area (Å²) >= 11 is 2.93. The highest BCUT2D eigenvalue weighted by molar-refractivity contribution is 9.10. The Morgan fingerprint density at radius 3 is 2.20 bits per heavy atom. The van der Waals surface area contributed by atoms with Crippen LogP contribution >= 0.6 is 15.9 Å². The van der Waals surface area contributed by atoms with Gasteiger partial charge in [-0.1, -0.05) is 0 Å². The van der Waals surface area contributed by atoms with E-state index in [0.717, 1.165) is 24.3 Å². The molecule has 20 heavy (non-hydrogen) atoms. The number of hydrogen-bond acceptors (Lipinski definition) is 3. The van der Waals surface area contributed by atoms with Crippen LogP contribution in [0.1, 0.15) is 10.4 Å². The van der Waals surface area contributed by atoms with E-state index >= 15 is 0 Å². The van der Waals surface area contributed by atoms with Gasteiger partial charge in [-0.2, -0.15) is 0 Å². The lowest BCUT2D eigenvalue weighted by atomic mass is 10.2. The lowest BCUT2D eigenvalue weighted by Crippen LogP contribution is -2.13. The van der Waals surface area contributed by atoms with Crippen molar-refractivity contribution in [2.45, 2.75) is 0 Å². The number of phenols is 2. The summed E-state index contributed by atoms with van der Waals surface area (Å²) in [5.41, 5.74) is -0.308. The molecule has 1 amide bonds. The Kier molecular flexibility index (Phi) is 3.89. The quantitative estimate of drug-likeness (QED) is 0.782. The molecule has 104 valence electrons. The van der Waals surface area contributed by atoms with Crippen LogP contribution in [0, 0.1) is 11.6 Å². The molecule has 0 aliphatic rings. The van der Waals surface area contributed by atoms with Gasteiger partial charge in [0.05, 0.1) is 5.69 Å². The normalized spacial score (nSPS) is 10.3. The van der Waals surface area contributed by atoms with Gasteiger partial charge in [-0.25, -0.2) is 8.78 Å². The van der Waals surface area contributed by atoms with Crippen LogP contribution in [0.4, 0.5) is 14.5 Å². The highest BCUT2D eigenvalue weighted by Crippen LogP contribution is 2.28. The highest BCUT2D eigenvalue weighted by Gasteiger charge is 2.15. The third kappa shape index (κ3) is 3.05. The molecule has 0 fully saturated rings. The number of amides is 1. The molecule has 3 N–H and O–H groups in total. The van der Waals surface area contributed by atoms with Gasteiger partial charge in [0.2, 0.25) is 0 Å². The molecule has 2 aromatic carbocycles. The third-order valence-electron chi connectivity index (χ3n) is 2.41. The van der Waals surface area contributed by atoms with Crippen molar-refractivity contribution < 1.29 is 23.8 Å². The molecule has 2 rings (SSSR count). The Balaban J connectivity index is 2.32. The molecule has 0 spiro atoms. The Morgan fingerprint density at radius 2 is 1.65 bits per heavy atom. The van der Waals surface area contributed by atoms with Gasteiger partial charge in [0, 0.05) is 22.2 Å². The van der Waals surface area contributed by atoms with E-state index in [1.54, 1.807) is 0 Å². The lowest BCUT2D eigenvalue weighted by Gasteiger charge is -2.09. The highest BCUT2D eigenvalue weighted by atomic mass is 79.9. The van der Waals surface area contributed by atoms with Crippen LogP contribution in [0.15, 0.2) is 34.8 Å². The smallest absolute Gasteiger partial charge is 0.256 e. The fourth-order valence-corrected chi connectivity index (χ4v) is 2.08. The van der Waals surface area contributed by atoms with E-state index in [0.29, 0.717) is 6.07 Å². The first kappa shape index (κ1) is 14.3. The number of rotatable bonds is 2. The minimum Gasteiger partial charge on any atom is -0.508 e. The van der Waals surface area contributed by atoms with E-state index in [9.17, 15) is 23.8 Å². The van der Waals surface area contributed by atoms with Crippen LogP contribution in [-0.2, 0) is 0 Å². The first-order valence-electron chi connectivity index (χ1n) is 5.36. The summed E-state index contributed by atoms with van der Waals surface area (Å²) < 4.78 is 26.5. The average Bonchev–Trinajstić information content (AvgIpc) is 2.32. The van der Waals surface area contributed by atoms with Crippen molar-refractivity contribution in [2.75, 3.05) is 5.32 Å². The number of nitrogens with one attached hydrogen (secondary N) is 1. The van der Waals surface area contributed by atoms with Crippen molar-refractivity contribution >= 4 is 27.5 Å². The molecular formula is C13H8BrF2NO3. The number of carbonyl (C=O) groups excluding carboxylic acids is 1. The second-order valence-electron chi connectivity index (χ2n) is 3.94. The zero-order chi connectivity index (χ0) is 14.9. The molecule has 0 saturated heterocycles. The number of benzene rings is 2. The summed E-state index contributed by atoms with van der Waals surface area (Å²) in [6.07, 6.45) is 0. The third-order valence-corrected chi connectivity index (χ3v) is 3.04. The average molecular weight is 344 g/mol. The van der Waals surface area contributed by atoms with Gasteiger partial charge in [-0.3, -0.25) is 4.79 Å². The van der Waals surface area contributed by atoms with Crippen LogP contribution in [0.2, 0.25) is 0 Å². The molecular weight excluding hydrogens is 336 g/mol. The number of anilines is 1. The molecule has 0 heterocycles. The van der Waals surface area contributed by atoms with Gasteiger partial charge < -0.3 is 15.5 Å². The summed E-state index contributed by atoms with van der Waals surface area (Å²) in [6, 6.07) is 4.87. The zero-order valence-electron chi connectivity index (χ0n) is 9.82. The fourth-order valence-electron chi connectivity index (χ4n) is 1.57. The van der Waals surface area contributed by atoms with Crippen LogP contribution in [0.3, 0.4) is 0 Å². The molecule has 0 saturated carbocycles. The monoisotopic (exact) mass is 343 g/mol. The summed E-state index contributed by atoms with van der Waals surface area (Å²) in [6.45, 7) is 0. The van der Waals surface area contributed by atoms with Crippen LogP contribution in [0.5, 0.6) is 11.5 Å². The van der Waals surface area contributed by atoms with Crippen molar-refractivity contribution in [3.05, 3.63) is 52.0 Å². The number of phenolic OH excluding ortho intramolecular Hbond substituents is 2. The Morgan fingerprint density at radius 1 is 1.05 bits per heavy atom. The van der Waals surface area contributed by atoms with E-state index in [2.05, 4.69) is 21.2 Å². The largest absolute Gasteiger partial charge is 0.508 e.